The Balaban J connectivity index is 1.84. The summed E-state index contributed by atoms with van der Waals surface area (Å²) in [5, 5.41) is 2.60. The number of halogens is 2. The van der Waals surface area contributed by atoms with E-state index in [1.54, 1.807) is 48.5 Å². The lowest BCUT2D eigenvalue weighted by atomic mass is 10.1. The molecule has 0 fully saturated rings. The highest BCUT2D eigenvalue weighted by molar-refractivity contribution is 7.91. The predicted molar refractivity (Wildman–Crippen MR) is 119 cm³/mol. The number of hydrogen-bond acceptors (Lipinski definition) is 6. The minimum Gasteiger partial charge on any atom is -0.444 e. The van der Waals surface area contributed by atoms with Gasteiger partial charge in [-0.05, 0) is 43.3 Å². The molecule has 0 unspecified atom stereocenters. The molecule has 3 aromatic carbocycles. The summed E-state index contributed by atoms with van der Waals surface area (Å²) in [6.07, 6.45) is -1.39. The number of rotatable bonds is 8. The summed E-state index contributed by atoms with van der Waals surface area (Å²) in [5.74, 6) is -5.46. The number of ketones is 1. The number of ether oxygens (including phenoxy) is 1. The van der Waals surface area contributed by atoms with Crippen LogP contribution in [0, 0.1) is 0 Å². The number of alkyl halides is 2. The maximum Gasteiger partial charge on any atom is 0.341 e. The van der Waals surface area contributed by atoms with Crippen molar-refractivity contribution < 1.29 is 36.3 Å². The Morgan fingerprint density at radius 3 is 2.09 bits per heavy atom. The second-order valence-electron chi connectivity index (χ2n) is 7.15. The van der Waals surface area contributed by atoms with E-state index in [1.807, 2.05) is 0 Å². The van der Waals surface area contributed by atoms with Crippen LogP contribution in [0.5, 0.6) is 0 Å². The highest BCUT2D eigenvalue weighted by atomic mass is 32.2. The van der Waals surface area contributed by atoms with Gasteiger partial charge in [0.2, 0.25) is 15.9 Å². The van der Waals surface area contributed by atoms with Crippen molar-refractivity contribution in [2.45, 2.75) is 23.7 Å². The number of sulfone groups is 1. The number of carbonyl (C=O) groups excluding carboxylic acids is 3. The Hall–Kier alpha value is -3.92. The monoisotopic (exact) mass is 487 g/mol. The minimum atomic E-state index is -4.82. The quantitative estimate of drug-likeness (QED) is 0.372. The second kappa shape index (κ2) is 10.3. The molecular formula is C24H19F2NO6S. The Labute approximate surface area is 194 Å². The number of nitrogens with one attached hydrogen (secondary N) is 1. The average Bonchev–Trinajstić information content (AvgIpc) is 2.83. The molecule has 0 aliphatic heterocycles. The van der Waals surface area contributed by atoms with Crippen LogP contribution in [0.15, 0.2) is 83.8 Å². The first-order chi connectivity index (χ1) is 16.1. The van der Waals surface area contributed by atoms with E-state index in [2.05, 4.69) is 5.32 Å². The van der Waals surface area contributed by atoms with Gasteiger partial charge in [0, 0.05) is 16.8 Å². The Morgan fingerprint density at radius 2 is 1.50 bits per heavy atom. The second-order valence-corrected chi connectivity index (χ2v) is 9.07. The van der Waals surface area contributed by atoms with E-state index in [9.17, 15) is 31.6 Å². The molecule has 34 heavy (non-hydrogen) atoms. The van der Waals surface area contributed by atoms with Gasteiger partial charge in [-0.15, -0.1) is 0 Å². The molecule has 0 saturated carbocycles. The average molecular weight is 487 g/mol. The minimum absolute atomic E-state index is 0.138. The van der Waals surface area contributed by atoms with Crippen molar-refractivity contribution in [3.8, 4) is 0 Å². The van der Waals surface area contributed by atoms with Crippen LogP contribution >= 0.6 is 0 Å². The van der Waals surface area contributed by atoms with Crippen LogP contribution in [0.1, 0.15) is 39.3 Å². The molecule has 1 atom stereocenters. The van der Waals surface area contributed by atoms with Crippen LogP contribution < -0.4 is 5.32 Å². The molecule has 3 rings (SSSR count). The summed E-state index contributed by atoms with van der Waals surface area (Å²) in [5.41, 5.74) is 0.912. The molecule has 1 N–H and O–H groups in total. The van der Waals surface area contributed by atoms with Gasteiger partial charge in [0.15, 0.2) is 5.78 Å². The molecule has 0 aliphatic rings. The summed E-state index contributed by atoms with van der Waals surface area (Å²) >= 11 is 0. The Kier molecular flexibility index (Phi) is 7.52. The summed E-state index contributed by atoms with van der Waals surface area (Å²) in [6, 6.07) is 18.1. The molecule has 0 aromatic heterocycles. The van der Waals surface area contributed by atoms with Crippen molar-refractivity contribution >= 4 is 33.2 Å². The molecule has 0 aliphatic carbocycles. The molecule has 0 heterocycles. The molecule has 3 aromatic rings. The van der Waals surface area contributed by atoms with Crippen LogP contribution in [0.4, 0.5) is 14.5 Å². The van der Waals surface area contributed by atoms with Gasteiger partial charge in [0.05, 0.1) is 10.5 Å². The van der Waals surface area contributed by atoms with E-state index in [1.165, 1.54) is 13.0 Å². The van der Waals surface area contributed by atoms with Crippen molar-refractivity contribution in [2.75, 3.05) is 5.32 Å². The third-order valence-corrected chi connectivity index (χ3v) is 6.15. The van der Waals surface area contributed by atoms with Gasteiger partial charge in [0.1, 0.15) is 0 Å². The molecule has 10 heteroatoms. The van der Waals surface area contributed by atoms with E-state index >= 15 is 0 Å². The SMILES string of the molecule is CC(=O)c1cccc(NC(=O)[C@H](OC(=O)c2ccc(S(=O)(=O)C(F)F)cc2)c2ccccc2)c1. The Morgan fingerprint density at radius 1 is 0.853 bits per heavy atom. The van der Waals surface area contributed by atoms with Gasteiger partial charge in [0.25, 0.3) is 5.91 Å². The molecule has 0 bridgehead atoms. The fraction of sp³-hybridized carbons (Fsp3) is 0.125. The molecule has 7 nitrogen and oxygen atoms in total. The van der Waals surface area contributed by atoms with Gasteiger partial charge in [-0.3, -0.25) is 9.59 Å². The van der Waals surface area contributed by atoms with Crippen molar-refractivity contribution in [1.29, 1.82) is 0 Å². The first-order valence-corrected chi connectivity index (χ1v) is 11.4. The summed E-state index contributed by atoms with van der Waals surface area (Å²) in [4.78, 5) is 36.6. The highest BCUT2D eigenvalue weighted by Gasteiger charge is 2.28. The molecule has 176 valence electrons. The van der Waals surface area contributed by atoms with Gasteiger partial charge < -0.3 is 10.1 Å². The molecule has 0 radical (unpaired) electrons. The Bertz CT molecular complexity index is 1310. The topological polar surface area (TPSA) is 107 Å². The molecule has 1 amide bonds. The first kappa shape index (κ1) is 24.7. The largest absolute Gasteiger partial charge is 0.444 e. The van der Waals surface area contributed by atoms with E-state index < -0.39 is 38.5 Å². The van der Waals surface area contributed by atoms with Crippen LogP contribution in [-0.4, -0.2) is 31.8 Å². The number of anilines is 1. The molecular weight excluding hydrogens is 468 g/mol. The molecule has 0 saturated heterocycles. The third kappa shape index (κ3) is 5.70. The lowest BCUT2D eigenvalue weighted by Crippen LogP contribution is -2.26. The number of carbonyl (C=O) groups is 3. The number of benzene rings is 3. The first-order valence-electron chi connectivity index (χ1n) is 9.89. The maximum atomic E-state index is 13.0. The summed E-state index contributed by atoms with van der Waals surface area (Å²) in [7, 11) is -4.82. The van der Waals surface area contributed by atoms with E-state index in [-0.39, 0.29) is 11.3 Å². The fourth-order valence-electron chi connectivity index (χ4n) is 2.98. The van der Waals surface area contributed by atoms with Crippen molar-refractivity contribution in [2.24, 2.45) is 0 Å². The smallest absolute Gasteiger partial charge is 0.341 e. The maximum absolute atomic E-state index is 13.0. The zero-order valence-electron chi connectivity index (χ0n) is 17.8. The summed E-state index contributed by atoms with van der Waals surface area (Å²) < 4.78 is 53.9. The molecule has 0 spiro atoms. The summed E-state index contributed by atoms with van der Waals surface area (Å²) in [6.45, 7) is 1.38. The highest BCUT2D eigenvalue weighted by Crippen LogP contribution is 2.24. The standard InChI is InChI=1S/C24H19F2NO6S/c1-15(28)18-8-5-9-19(14-18)27-22(29)21(16-6-3-2-4-7-16)33-23(30)17-10-12-20(13-11-17)34(31,32)24(25)26/h2-14,21,24H,1H3,(H,27,29)/t21-/m1/s1. The van der Waals surface area contributed by atoms with Gasteiger partial charge in [-0.2, -0.15) is 8.78 Å². The van der Waals surface area contributed by atoms with Crippen molar-refractivity contribution in [3.63, 3.8) is 0 Å². The zero-order valence-corrected chi connectivity index (χ0v) is 18.6. The lowest BCUT2D eigenvalue weighted by molar-refractivity contribution is -0.125. The van der Waals surface area contributed by atoms with Gasteiger partial charge in [-0.25, -0.2) is 13.2 Å². The fourth-order valence-corrected chi connectivity index (χ4v) is 3.70. The normalized spacial score (nSPS) is 12.1. The van der Waals surface area contributed by atoms with E-state index in [0.717, 1.165) is 24.3 Å². The number of Topliss-reactive ketones (excluding diaryl/α,β-unsaturated/α-hetero) is 1. The van der Waals surface area contributed by atoms with Crippen LogP contribution in [0.2, 0.25) is 0 Å². The van der Waals surface area contributed by atoms with Crippen LogP contribution in [-0.2, 0) is 19.4 Å². The number of esters is 1. The van der Waals surface area contributed by atoms with Crippen LogP contribution in [0.25, 0.3) is 0 Å². The predicted octanol–water partition coefficient (Wildman–Crippen LogP) is 4.42. The van der Waals surface area contributed by atoms with Crippen LogP contribution in [0.3, 0.4) is 0 Å². The van der Waals surface area contributed by atoms with Gasteiger partial charge in [-0.1, -0.05) is 42.5 Å². The van der Waals surface area contributed by atoms with Crippen molar-refractivity contribution in [3.05, 3.63) is 95.6 Å². The van der Waals surface area contributed by atoms with Gasteiger partial charge >= 0.3 is 11.7 Å². The lowest BCUT2D eigenvalue weighted by Gasteiger charge is -2.18. The van der Waals surface area contributed by atoms with E-state index in [4.69, 9.17) is 4.74 Å². The van der Waals surface area contributed by atoms with Crippen molar-refractivity contribution in [1.82, 2.24) is 0 Å². The number of hydrogen-bond donors (Lipinski definition) is 1. The van der Waals surface area contributed by atoms with E-state index in [0.29, 0.717) is 16.8 Å². The third-order valence-electron chi connectivity index (χ3n) is 4.76. The number of amides is 1. The zero-order chi connectivity index (χ0) is 24.9.